The van der Waals surface area contributed by atoms with Gasteiger partial charge in [-0.05, 0) is 25.7 Å². The van der Waals surface area contributed by atoms with Crippen molar-refractivity contribution >= 4 is 22.4 Å². The van der Waals surface area contributed by atoms with Crippen LogP contribution in [0, 0.1) is 11.5 Å². The third-order valence-electron chi connectivity index (χ3n) is 6.03. The molecule has 0 bridgehead atoms. The molecule has 3 aliphatic rings. The zero-order chi connectivity index (χ0) is 17.4. The molecular weight excluding hydrogens is 334 g/mol. The van der Waals surface area contributed by atoms with Crippen molar-refractivity contribution in [2.24, 2.45) is 0 Å². The second-order valence-electron chi connectivity index (χ2n) is 7.62. The maximum absolute atomic E-state index is 13.2. The number of hydrogen-bond acceptors (Lipinski definition) is 6. The molecule has 0 unspecified atom stereocenters. The van der Waals surface area contributed by atoms with Crippen LogP contribution in [0.3, 0.4) is 0 Å². The van der Waals surface area contributed by atoms with E-state index in [2.05, 4.69) is 16.1 Å². The van der Waals surface area contributed by atoms with Gasteiger partial charge in [-0.15, -0.1) is 11.3 Å². The molecule has 0 radical (unpaired) electrons. The summed E-state index contributed by atoms with van der Waals surface area (Å²) in [4.78, 5) is 25.0. The fourth-order valence-corrected chi connectivity index (χ4v) is 5.57. The van der Waals surface area contributed by atoms with Crippen molar-refractivity contribution < 1.29 is 4.79 Å². The minimum atomic E-state index is -0.622. The first-order valence-electron chi connectivity index (χ1n) is 9.29. The van der Waals surface area contributed by atoms with E-state index in [0.29, 0.717) is 25.6 Å². The number of rotatable bonds is 2. The molecule has 1 aromatic rings. The summed E-state index contributed by atoms with van der Waals surface area (Å²) in [7, 11) is 0. The number of amides is 1. The number of nitriles is 1. The molecule has 3 heterocycles. The minimum Gasteiger partial charge on any atom is -0.307 e. The fourth-order valence-electron chi connectivity index (χ4n) is 4.46. The number of thiazole rings is 1. The van der Waals surface area contributed by atoms with Gasteiger partial charge in [0.15, 0.2) is 11.3 Å². The summed E-state index contributed by atoms with van der Waals surface area (Å²) in [5.41, 5.74) is -0.622. The van der Waals surface area contributed by atoms with Crippen molar-refractivity contribution in [3.63, 3.8) is 0 Å². The summed E-state index contributed by atoms with van der Waals surface area (Å²) in [5.74, 6) is 0.707. The predicted octanol–water partition coefficient (Wildman–Crippen LogP) is 2.39. The Balaban J connectivity index is 1.54. The standard InChI is InChI=1S/C18H25N5OS/c1-18-12-21(13-19)7-8-22(18)9-10-23(16(18)24)17-20-11-15(25-17)14-5-3-2-4-6-14/h11,14H,2-10,12H2,1H3/t18-/m1/s1. The van der Waals surface area contributed by atoms with Crippen LogP contribution in [0.15, 0.2) is 6.20 Å². The molecule has 1 aliphatic carbocycles. The quantitative estimate of drug-likeness (QED) is 0.759. The smallest absolute Gasteiger partial charge is 0.250 e. The van der Waals surface area contributed by atoms with Crippen LogP contribution in [0.1, 0.15) is 49.8 Å². The van der Waals surface area contributed by atoms with Crippen LogP contribution < -0.4 is 4.90 Å². The average molecular weight is 359 g/mol. The largest absolute Gasteiger partial charge is 0.307 e. The van der Waals surface area contributed by atoms with E-state index >= 15 is 0 Å². The van der Waals surface area contributed by atoms with E-state index in [4.69, 9.17) is 0 Å². The van der Waals surface area contributed by atoms with Crippen molar-refractivity contribution in [1.29, 1.82) is 5.26 Å². The first kappa shape index (κ1) is 16.8. The third-order valence-corrected chi connectivity index (χ3v) is 7.21. The Kier molecular flexibility index (Phi) is 4.42. The molecule has 25 heavy (non-hydrogen) atoms. The number of hydrogen-bond donors (Lipinski definition) is 0. The van der Waals surface area contributed by atoms with Crippen molar-refractivity contribution in [3.8, 4) is 6.19 Å². The molecule has 2 aliphatic heterocycles. The number of carbonyl (C=O) groups is 1. The first-order chi connectivity index (χ1) is 12.1. The zero-order valence-electron chi connectivity index (χ0n) is 14.8. The lowest BCUT2D eigenvalue weighted by Gasteiger charge is -2.51. The van der Waals surface area contributed by atoms with Gasteiger partial charge in [-0.2, -0.15) is 5.26 Å². The Hall–Kier alpha value is -1.65. The Morgan fingerprint density at radius 3 is 2.76 bits per heavy atom. The molecule has 0 aromatic carbocycles. The van der Waals surface area contributed by atoms with E-state index in [0.717, 1.165) is 18.2 Å². The van der Waals surface area contributed by atoms with Crippen LogP contribution in [-0.4, -0.2) is 59.0 Å². The van der Waals surface area contributed by atoms with Crippen molar-refractivity contribution in [2.45, 2.75) is 50.5 Å². The summed E-state index contributed by atoms with van der Waals surface area (Å²) < 4.78 is 0. The van der Waals surface area contributed by atoms with Gasteiger partial charge in [-0.1, -0.05) is 19.3 Å². The topological polar surface area (TPSA) is 63.5 Å². The number of carbonyl (C=O) groups excluding carboxylic acids is 1. The summed E-state index contributed by atoms with van der Waals surface area (Å²) in [6, 6.07) is 0. The van der Waals surface area contributed by atoms with Gasteiger partial charge in [-0.25, -0.2) is 4.98 Å². The average Bonchev–Trinajstić information content (AvgIpc) is 3.13. The highest BCUT2D eigenvalue weighted by Crippen LogP contribution is 2.39. The summed E-state index contributed by atoms with van der Waals surface area (Å²) in [5, 5.41) is 10.1. The van der Waals surface area contributed by atoms with E-state index in [1.165, 1.54) is 37.0 Å². The third kappa shape index (κ3) is 2.91. The van der Waals surface area contributed by atoms with Gasteiger partial charge >= 0.3 is 0 Å². The van der Waals surface area contributed by atoms with E-state index in [-0.39, 0.29) is 5.91 Å². The molecule has 134 valence electrons. The van der Waals surface area contributed by atoms with Gasteiger partial charge in [0.2, 0.25) is 0 Å². The molecule has 1 atom stereocenters. The Labute approximate surface area is 153 Å². The molecule has 4 rings (SSSR count). The number of nitrogens with zero attached hydrogens (tertiary/aromatic N) is 5. The molecule has 1 saturated carbocycles. The second kappa shape index (κ2) is 6.58. The highest BCUT2D eigenvalue weighted by Gasteiger charge is 2.49. The molecule has 1 amide bonds. The van der Waals surface area contributed by atoms with Gasteiger partial charge in [0, 0.05) is 37.3 Å². The highest BCUT2D eigenvalue weighted by atomic mass is 32.1. The molecule has 7 heteroatoms. The Morgan fingerprint density at radius 1 is 1.24 bits per heavy atom. The molecule has 0 N–H and O–H groups in total. The lowest BCUT2D eigenvalue weighted by Crippen LogP contribution is -2.71. The second-order valence-corrected chi connectivity index (χ2v) is 8.66. The van der Waals surface area contributed by atoms with Crippen LogP contribution in [-0.2, 0) is 4.79 Å². The fraction of sp³-hybridized carbons (Fsp3) is 0.722. The summed E-state index contributed by atoms with van der Waals surface area (Å²) >= 11 is 1.69. The Morgan fingerprint density at radius 2 is 2.00 bits per heavy atom. The normalized spacial score (nSPS) is 28.7. The number of aromatic nitrogens is 1. The molecule has 3 fully saturated rings. The van der Waals surface area contributed by atoms with Crippen LogP contribution in [0.2, 0.25) is 0 Å². The summed E-state index contributed by atoms with van der Waals surface area (Å²) in [6.07, 6.45) is 10.6. The van der Waals surface area contributed by atoms with Crippen molar-refractivity contribution in [2.75, 3.05) is 37.6 Å². The van der Waals surface area contributed by atoms with E-state index < -0.39 is 5.54 Å². The number of anilines is 1. The Bertz CT molecular complexity index is 692. The molecule has 2 saturated heterocycles. The van der Waals surface area contributed by atoms with Gasteiger partial charge in [0.05, 0.1) is 6.54 Å². The first-order valence-corrected chi connectivity index (χ1v) is 10.1. The lowest BCUT2D eigenvalue weighted by atomic mass is 9.89. The molecule has 0 spiro atoms. The maximum atomic E-state index is 13.2. The molecule has 1 aromatic heterocycles. The van der Waals surface area contributed by atoms with Crippen LogP contribution in [0.5, 0.6) is 0 Å². The highest BCUT2D eigenvalue weighted by molar-refractivity contribution is 7.15. The monoisotopic (exact) mass is 359 g/mol. The van der Waals surface area contributed by atoms with Gasteiger partial charge < -0.3 is 4.90 Å². The van der Waals surface area contributed by atoms with Gasteiger partial charge in [0.25, 0.3) is 5.91 Å². The van der Waals surface area contributed by atoms with Gasteiger partial charge in [0.1, 0.15) is 5.54 Å². The van der Waals surface area contributed by atoms with Crippen molar-refractivity contribution in [1.82, 2.24) is 14.8 Å². The van der Waals surface area contributed by atoms with Crippen LogP contribution in [0.25, 0.3) is 0 Å². The van der Waals surface area contributed by atoms with E-state index in [9.17, 15) is 10.1 Å². The molecular formula is C18H25N5OS. The zero-order valence-corrected chi connectivity index (χ0v) is 15.6. The maximum Gasteiger partial charge on any atom is 0.250 e. The number of piperazine rings is 2. The number of fused-ring (bicyclic) bond motifs is 1. The van der Waals surface area contributed by atoms with E-state index in [1.807, 2.05) is 18.0 Å². The SMILES string of the molecule is C[C@]12CN(C#N)CCN1CCN(c1ncc(C3CCCCC3)s1)C2=O. The minimum absolute atomic E-state index is 0.0863. The predicted molar refractivity (Wildman–Crippen MR) is 97.5 cm³/mol. The van der Waals surface area contributed by atoms with E-state index in [1.54, 1.807) is 16.2 Å². The van der Waals surface area contributed by atoms with Crippen LogP contribution >= 0.6 is 11.3 Å². The van der Waals surface area contributed by atoms with Gasteiger partial charge in [-0.3, -0.25) is 14.6 Å². The van der Waals surface area contributed by atoms with Crippen LogP contribution in [0.4, 0.5) is 5.13 Å². The lowest BCUT2D eigenvalue weighted by molar-refractivity contribution is -0.136. The summed E-state index contributed by atoms with van der Waals surface area (Å²) in [6.45, 7) is 5.47. The molecule has 6 nitrogen and oxygen atoms in total. The van der Waals surface area contributed by atoms with Crippen molar-refractivity contribution in [3.05, 3.63) is 11.1 Å².